The van der Waals surface area contributed by atoms with Crippen molar-refractivity contribution < 1.29 is 28.9 Å². The Morgan fingerprint density at radius 2 is 1.65 bits per heavy atom. The molecule has 2 fully saturated rings. The Kier molecular flexibility index (Phi) is 7.48. The minimum Gasteiger partial charge on any atom is -0.507 e. The summed E-state index contributed by atoms with van der Waals surface area (Å²) < 4.78 is 16.7. The number of carbonyl (C=O) groups is 2. The highest BCUT2D eigenvalue weighted by atomic mass is 16.6. The number of aliphatic hydroxyl groups is 1. The molecule has 3 aliphatic heterocycles. The van der Waals surface area contributed by atoms with Crippen LogP contribution in [0.15, 0.2) is 48.0 Å². The maximum atomic E-state index is 13.4. The second kappa shape index (κ2) is 10.9. The molecule has 2 aromatic rings. The van der Waals surface area contributed by atoms with E-state index in [4.69, 9.17) is 14.2 Å². The zero-order chi connectivity index (χ0) is 25.9. The lowest BCUT2D eigenvalue weighted by Gasteiger charge is -2.29. The number of benzene rings is 2. The maximum absolute atomic E-state index is 13.4. The second-order valence-corrected chi connectivity index (χ2v) is 9.98. The van der Waals surface area contributed by atoms with Gasteiger partial charge >= 0.3 is 0 Å². The molecule has 3 aliphatic rings. The summed E-state index contributed by atoms with van der Waals surface area (Å²) in [5, 5.41) is 11.4. The largest absolute Gasteiger partial charge is 0.507 e. The monoisotopic (exact) mass is 506 g/mol. The zero-order valence-corrected chi connectivity index (χ0v) is 21.4. The van der Waals surface area contributed by atoms with Crippen molar-refractivity contribution in [3.8, 4) is 11.5 Å². The topological polar surface area (TPSA) is 88.5 Å². The van der Waals surface area contributed by atoms with Gasteiger partial charge in [0.15, 0.2) is 11.5 Å². The number of morpholine rings is 1. The van der Waals surface area contributed by atoms with Crippen LogP contribution in [0.25, 0.3) is 5.76 Å². The fraction of sp³-hybridized carbons (Fsp3) is 0.448. The molecular weight excluding hydrogens is 472 g/mol. The third kappa shape index (κ3) is 5.22. The molecule has 3 heterocycles. The van der Waals surface area contributed by atoms with E-state index in [2.05, 4.69) is 18.7 Å². The predicted octanol–water partition coefficient (Wildman–Crippen LogP) is 3.73. The summed E-state index contributed by atoms with van der Waals surface area (Å²) in [7, 11) is 0. The number of hydrogen-bond acceptors (Lipinski definition) is 7. The van der Waals surface area contributed by atoms with Gasteiger partial charge in [-0.1, -0.05) is 38.1 Å². The minimum atomic E-state index is -0.670. The van der Waals surface area contributed by atoms with Crippen molar-refractivity contribution in [2.24, 2.45) is 0 Å². The number of hydrogen-bond donors (Lipinski definition) is 1. The molecule has 0 unspecified atom stereocenters. The van der Waals surface area contributed by atoms with Gasteiger partial charge in [-0.3, -0.25) is 14.5 Å². The van der Waals surface area contributed by atoms with Crippen molar-refractivity contribution in [2.75, 3.05) is 52.6 Å². The summed E-state index contributed by atoms with van der Waals surface area (Å²) in [6, 6.07) is 12.4. The van der Waals surface area contributed by atoms with E-state index in [0.29, 0.717) is 56.0 Å². The van der Waals surface area contributed by atoms with Gasteiger partial charge in [0.2, 0.25) is 0 Å². The van der Waals surface area contributed by atoms with Crippen LogP contribution >= 0.6 is 0 Å². The van der Waals surface area contributed by atoms with Gasteiger partial charge in [-0.05, 0) is 41.7 Å². The Morgan fingerprint density at radius 3 is 2.35 bits per heavy atom. The summed E-state index contributed by atoms with van der Waals surface area (Å²) in [6.07, 6.45) is 0.720. The van der Waals surface area contributed by atoms with E-state index in [0.717, 1.165) is 31.6 Å². The van der Waals surface area contributed by atoms with Crippen LogP contribution in [0, 0.1) is 0 Å². The zero-order valence-electron chi connectivity index (χ0n) is 21.4. The summed E-state index contributed by atoms with van der Waals surface area (Å²) in [5.41, 5.74) is 2.48. The van der Waals surface area contributed by atoms with Crippen LogP contribution in [-0.4, -0.2) is 79.2 Å². The first kappa shape index (κ1) is 25.3. The van der Waals surface area contributed by atoms with Crippen LogP contribution in [-0.2, 0) is 14.3 Å². The minimum absolute atomic E-state index is 0.102. The number of fused-ring (bicyclic) bond motifs is 1. The lowest BCUT2D eigenvalue weighted by Crippen LogP contribution is -2.38. The molecule has 37 heavy (non-hydrogen) atoms. The van der Waals surface area contributed by atoms with E-state index in [1.54, 1.807) is 23.1 Å². The highest BCUT2D eigenvalue weighted by Crippen LogP contribution is 2.41. The molecule has 1 amide bonds. The van der Waals surface area contributed by atoms with Crippen LogP contribution < -0.4 is 9.47 Å². The van der Waals surface area contributed by atoms with Gasteiger partial charge in [-0.15, -0.1) is 0 Å². The van der Waals surface area contributed by atoms with Crippen molar-refractivity contribution in [1.29, 1.82) is 0 Å². The molecule has 2 aromatic carbocycles. The number of amides is 1. The average molecular weight is 507 g/mol. The van der Waals surface area contributed by atoms with Crippen molar-refractivity contribution >= 4 is 17.4 Å². The maximum Gasteiger partial charge on any atom is 0.295 e. The molecule has 196 valence electrons. The van der Waals surface area contributed by atoms with Gasteiger partial charge in [0, 0.05) is 31.7 Å². The van der Waals surface area contributed by atoms with Gasteiger partial charge in [0.1, 0.15) is 19.0 Å². The molecule has 1 atom stereocenters. The SMILES string of the molecule is CC(C)c1ccc([C@H]2/C(=C(\O)c3ccc4c(c3)OCCO4)C(=O)C(=O)N2CCCN2CCOCC2)cc1. The quantitative estimate of drug-likeness (QED) is 0.348. The molecule has 2 saturated heterocycles. The molecule has 0 bridgehead atoms. The predicted molar refractivity (Wildman–Crippen MR) is 139 cm³/mol. The first-order valence-electron chi connectivity index (χ1n) is 13.0. The lowest BCUT2D eigenvalue weighted by molar-refractivity contribution is -0.140. The standard InChI is InChI=1S/C29H34N2O6/c1-19(2)20-4-6-21(7-5-20)26-25(27(32)22-8-9-23-24(18-22)37-17-16-36-23)28(33)29(34)31(26)11-3-10-30-12-14-35-15-13-30/h4-9,18-19,26,32H,3,10-17H2,1-2H3/b27-25+/t26-/m0/s1. The number of carbonyl (C=O) groups excluding carboxylic acids is 2. The fourth-order valence-electron chi connectivity index (χ4n) is 5.16. The van der Waals surface area contributed by atoms with E-state index in [1.165, 1.54) is 5.56 Å². The van der Waals surface area contributed by atoms with Crippen LogP contribution in [0.2, 0.25) is 0 Å². The Balaban J connectivity index is 1.49. The van der Waals surface area contributed by atoms with Gasteiger partial charge in [0.05, 0.1) is 24.8 Å². The fourth-order valence-corrected chi connectivity index (χ4v) is 5.16. The molecule has 0 spiro atoms. The smallest absolute Gasteiger partial charge is 0.295 e. The average Bonchev–Trinajstić information content (AvgIpc) is 3.18. The third-order valence-corrected chi connectivity index (χ3v) is 7.25. The van der Waals surface area contributed by atoms with E-state index in [-0.39, 0.29) is 11.3 Å². The van der Waals surface area contributed by atoms with E-state index < -0.39 is 17.7 Å². The normalized spacial score (nSPS) is 21.6. The van der Waals surface area contributed by atoms with Crippen molar-refractivity contribution in [1.82, 2.24) is 9.80 Å². The first-order chi connectivity index (χ1) is 17.9. The number of nitrogens with zero attached hydrogens (tertiary/aromatic N) is 2. The molecule has 5 rings (SSSR count). The molecule has 0 aromatic heterocycles. The van der Waals surface area contributed by atoms with Gasteiger partial charge in [0.25, 0.3) is 11.7 Å². The summed E-state index contributed by atoms with van der Waals surface area (Å²) in [4.78, 5) is 30.5. The van der Waals surface area contributed by atoms with E-state index >= 15 is 0 Å². The number of rotatable bonds is 7. The Morgan fingerprint density at radius 1 is 0.946 bits per heavy atom. The molecule has 0 aliphatic carbocycles. The lowest BCUT2D eigenvalue weighted by atomic mass is 9.93. The van der Waals surface area contributed by atoms with Gasteiger partial charge in [-0.2, -0.15) is 0 Å². The molecule has 1 N–H and O–H groups in total. The van der Waals surface area contributed by atoms with Crippen LogP contribution in [0.1, 0.15) is 48.9 Å². The second-order valence-electron chi connectivity index (χ2n) is 9.98. The Labute approximate surface area is 217 Å². The third-order valence-electron chi connectivity index (χ3n) is 7.25. The summed E-state index contributed by atoms with van der Waals surface area (Å²) >= 11 is 0. The van der Waals surface area contributed by atoms with Gasteiger partial charge < -0.3 is 24.2 Å². The van der Waals surface area contributed by atoms with Crippen molar-refractivity contribution in [2.45, 2.75) is 32.2 Å². The summed E-state index contributed by atoms with van der Waals surface area (Å²) in [5.74, 6) is -0.00800. The van der Waals surface area contributed by atoms with Crippen LogP contribution in [0.5, 0.6) is 11.5 Å². The number of likely N-dealkylation sites (tertiary alicyclic amines) is 1. The molecule has 0 radical (unpaired) electrons. The van der Waals surface area contributed by atoms with Crippen molar-refractivity contribution in [3.63, 3.8) is 0 Å². The number of Topliss-reactive ketones (excluding diaryl/α,β-unsaturated/α-hetero) is 1. The molecule has 0 saturated carbocycles. The first-order valence-corrected chi connectivity index (χ1v) is 13.0. The molecule has 8 heteroatoms. The molecule has 8 nitrogen and oxygen atoms in total. The van der Waals surface area contributed by atoms with Crippen molar-refractivity contribution in [3.05, 3.63) is 64.7 Å². The number of ketones is 1. The Bertz CT molecular complexity index is 1180. The highest BCUT2D eigenvalue weighted by Gasteiger charge is 2.46. The van der Waals surface area contributed by atoms with Gasteiger partial charge in [-0.25, -0.2) is 0 Å². The summed E-state index contributed by atoms with van der Waals surface area (Å²) in [6.45, 7) is 9.48. The highest BCUT2D eigenvalue weighted by molar-refractivity contribution is 6.46. The van der Waals surface area contributed by atoms with Crippen LogP contribution in [0.4, 0.5) is 0 Å². The number of ether oxygens (including phenoxy) is 3. The Hall–Kier alpha value is -3.36. The molecular formula is C29H34N2O6. The van der Waals surface area contributed by atoms with Crippen LogP contribution in [0.3, 0.4) is 0 Å². The number of aliphatic hydroxyl groups excluding tert-OH is 1. The van der Waals surface area contributed by atoms with E-state index in [1.807, 2.05) is 24.3 Å². The van der Waals surface area contributed by atoms with E-state index in [9.17, 15) is 14.7 Å².